The van der Waals surface area contributed by atoms with Crippen LogP contribution in [-0.4, -0.2) is 29.0 Å². The van der Waals surface area contributed by atoms with Crippen LogP contribution in [0, 0.1) is 0 Å². The van der Waals surface area contributed by atoms with E-state index < -0.39 is 0 Å². The van der Waals surface area contributed by atoms with Crippen molar-refractivity contribution in [1.82, 2.24) is 9.97 Å². The highest BCUT2D eigenvalue weighted by Gasteiger charge is 2.13. The van der Waals surface area contributed by atoms with E-state index in [1.807, 2.05) is 42.5 Å². The van der Waals surface area contributed by atoms with Gasteiger partial charge in [-0.05, 0) is 37.1 Å². The molecule has 2 heterocycles. The summed E-state index contributed by atoms with van der Waals surface area (Å²) >= 11 is 0. The van der Waals surface area contributed by atoms with E-state index >= 15 is 0 Å². The summed E-state index contributed by atoms with van der Waals surface area (Å²) < 4.78 is 0. The average molecular weight is 348 g/mol. The Hall–Kier alpha value is -2.95. The molecule has 5 nitrogen and oxygen atoms in total. The van der Waals surface area contributed by atoms with Crippen LogP contribution in [0.4, 0.5) is 11.4 Å². The second kappa shape index (κ2) is 8.43. The van der Waals surface area contributed by atoms with Crippen molar-refractivity contribution in [2.45, 2.75) is 26.7 Å². The minimum Gasteiger partial charge on any atom is -0.371 e. The highest BCUT2D eigenvalue weighted by Crippen LogP contribution is 2.22. The van der Waals surface area contributed by atoms with Gasteiger partial charge in [-0.1, -0.05) is 32.0 Å². The van der Waals surface area contributed by atoms with Crippen molar-refractivity contribution >= 4 is 28.2 Å². The van der Waals surface area contributed by atoms with E-state index in [0.717, 1.165) is 42.5 Å². The SMILES string of the molecule is CCCN(CCC)c1ccnc(C(=O)Nc2cccc3cccnc23)c1. The molecular weight excluding hydrogens is 324 g/mol. The van der Waals surface area contributed by atoms with Gasteiger partial charge in [0.1, 0.15) is 5.69 Å². The van der Waals surface area contributed by atoms with Crippen molar-refractivity contribution in [3.63, 3.8) is 0 Å². The molecule has 1 aromatic carbocycles. The van der Waals surface area contributed by atoms with E-state index in [2.05, 4.69) is 34.0 Å². The number of para-hydroxylation sites is 1. The van der Waals surface area contributed by atoms with E-state index in [4.69, 9.17) is 0 Å². The van der Waals surface area contributed by atoms with Crippen molar-refractivity contribution < 1.29 is 4.79 Å². The molecule has 3 aromatic rings. The topological polar surface area (TPSA) is 58.1 Å². The summed E-state index contributed by atoms with van der Waals surface area (Å²) in [6.45, 7) is 6.24. The van der Waals surface area contributed by atoms with Crippen molar-refractivity contribution in [1.29, 1.82) is 0 Å². The number of carbonyl (C=O) groups is 1. The second-order valence-electron chi connectivity index (χ2n) is 6.22. The molecule has 1 amide bonds. The van der Waals surface area contributed by atoms with E-state index in [-0.39, 0.29) is 5.91 Å². The normalized spacial score (nSPS) is 10.7. The molecule has 0 spiro atoms. The molecule has 0 bridgehead atoms. The minimum atomic E-state index is -0.224. The van der Waals surface area contributed by atoms with Crippen LogP contribution < -0.4 is 10.2 Å². The number of nitrogens with zero attached hydrogens (tertiary/aromatic N) is 3. The molecular formula is C21H24N4O. The molecule has 0 saturated carbocycles. The van der Waals surface area contributed by atoms with Gasteiger partial charge in [0.2, 0.25) is 0 Å². The fraction of sp³-hybridized carbons (Fsp3) is 0.286. The predicted octanol–water partition coefficient (Wildman–Crippen LogP) is 4.51. The third kappa shape index (κ3) is 3.99. The Bertz CT molecular complexity index is 883. The Labute approximate surface area is 154 Å². The standard InChI is InChI=1S/C21H24N4O/c1-3-13-25(14-4-2)17-10-12-22-19(15-17)21(26)24-18-9-5-7-16-8-6-11-23-20(16)18/h5-12,15H,3-4,13-14H2,1-2H3,(H,24,26). The molecule has 0 atom stereocenters. The molecule has 3 rings (SSSR count). The zero-order chi connectivity index (χ0) is 18.4. The summed E-state index contributed by atoms with van der Waals surface area (Å²) in [6.07, 6.45) is 5.55. The molecule has 0 fully saturated rings. The number of aromatic nitrogens is 2. The lowest BCUT2D eigenvalue weighted by molar-refractivity contribution is 0.102. The number of rotatable bonds is 7. The van der Waals surface area contributed by atoms with Gasteiger partial charge in [-0.25, -0.2) is 0 Å². The maximum atomic E-state index is 12.7. The van der Waals surface area contributed by atoms with Gasteiger partial charge < -0.3 is 10.2 Å². The Morgan fingerprint density at radius 3 is 2.54 bits per heavy atom. The zero-order valence-corrected chi connectivity index (χ0v) is 15.3. The van der Waals surface area contributed by atoms with Gasteiger partial charge in [0.15, 0.2) is 0 Å². The maximum Gasteiger partial charge on any atom is 0.274 e. The van der Waals surface area contributed by atoms with Crippen LogP contribution in [-0.2, 0) is 0 Å². The fourth-order valence-electron chi connectivity index (χ4n) is 3.04. The third-order valence-corrected chi connectivity index (χ3v) is 4.21. The van der Waals surface area contributed by atoms with Crippen LogP contribution in [0.25, 0.3) is 10.9 Å². The van der Waals surface area contributed by atoms with Crippen molar-refractivity contribution in [2.75, 3.05) is 23.3 Å². The van der Waals surface area contributed by atoms with Crippen LogP contribution in [0.1, 0.15) is 37.2 Å². The number of carbonyl (C=O) groups excluding carboxylic acids is 1. The van der Waals surface area contributed by atoms with Crippen LogP contribution in [0.3, 0.4) is 0 Å². The molecule has 26 heavy (non-hydrogen) atoms. The number of hydrogen-bond acceptors (Lipinski definition) is 4. The summed E-state index contributed by atoms with van der Waals surface area (Å²) in [5.41, 5.74) is 2.91. The van der Waals surface area contributed by atoms with E-state index in [9.17, 15) is 4.79 Å². The lowest BCUT2D eigenvalue weighted by Gasteiger charge is -2.23. The molecule has 0 saturated heterocycles. The number of benzene rings is 1. The van der Waals surface area contributed by atoms with E-state index in [1.165, 1.54) is 0 Å². The Morgan fingerprint density at radius 2 is 1.77 bits per heavy atom. The van der Waals surface area contributed by atoms with Gasteiger partial charge in [0.25, 0.3) is 5.91 Å². The van der Waals surface area contributed by atoms with Crippen molar-refractivity contribution in [2.24, 2.45) is 0 Å². The first kappa shape index (κ1) is 17.9. The molecule has 0 aliphatic heterocycles. The zero-order valence-electron chi connectivity index (χ0n) is 15.3. The Balaban J connectivity index is 1.84. The smallest absolute Gasteiger partial charge is 0.274 e. The lowest BCUT2D eigenvalue weighted by Crippen LogP contribution is -2.25. The lowest BCUT2D eigenvalue weighted by atomic mass is 10.2. The number of nitrogens with one attached hydrogen (secondary N) is 1. The van der Waals surface area contributed by atoms with Crippen molar-refractivity contribution in [3.05, 3.63) is 60.6 Å². The quantitative estimate of drug-likeness (QED) is 0.682. The number of pyridine rings is 2. The van der Waals surface area contributed by atoms with E-state index in [0.29, 0.717) is 11.4 Å². The first-order valence-electron chi connectivity index (χ1n) is 9.09. The summed E-state index contributed by atoms with van der Waals surface area (Å²) in [5, 5.41) is 3.94. The molecule has 0 unspecified atom stereocenters. The van der Waals surface area contributed by atoms with Crippen LogP contribution in [0.5, 0.6) is 0 Å². The molecule has 0 radical (unpaired) electrons. The molecule has 2 aromatic heterocycles. The van der Waals surface area contributed by atoms with Gasteiger partial charge in [-0.3, -0.25) is 14.8 Å². The van der Waals surface area contributed by atoms with Gasteiger partial charge in [0.05, 0.1) is 11.2 Å². The number of anilines is 2. The second-order valence-corrected chi connectivity index (χ2v) is 6.22. The first-order chi connectivity index (χ1) is 12.7. The molecule has 0 aliphatic carbocycles. The summed E-state index contributed by atoms with van der Waals surface area (Å²) in [4.78, 5) is 23.7. The fourth-order valence-corrected chi connectivity index (χ4v) is 3.04. The van der Waals surface area contributed by atoms with Gasteiger partial charge in [-0.15, -0.1) is 0 Å². The van der Waals surface area contributed by atoms with Crippen LogP contribution in [0.2, 0.25) is 0 Å². The Morgan fingerprint density at radius 1 is 1.00 bits per heavy atom. The van der Waals surface area contributed by atoms with Crippen molar-refractivity contribution in [3.8, 4) is 0 Å². The summed E-state index contributed by atoms with van der Waals surface area (Å²) in [6, 6.07) is 13.4. The average Bonchev–Trinajstić information content (AvgIpc) is 2.68. The predicted molar refractivity (Wildman–Crippen MR) is 107 cm³/mol. The summed E-state index contributed by atoms with van der Waals surface area (Å²) in [5.74, 6) is -0.224. The third-order valence-electron chi connectivity index (χ3n) is 4.21. The van der Waals surface area contributed by atoms with Gasteiger partial charge in [0, 0.05) is 36.6 Å². The summed E-state index contributed by atoms with van der Waals surface area (Å²) in [7, 11) is 0. The van der Waals surface area contributed by atoms with Gasteiger partial charge >= 0.3 is 0 Å². The molecule has 1 N–H and O–H groups in total. The highest BCUT2D eigenvalue weighted by atomic mass is 16.1. The Kier molecular flexibility index (Phi) is 5.79. The first-order valence-corrected chi connectivity index (χ1v) is 9.09. The van der Waals surface area contributed by atoms with Crippen LogP contribution >= 0.6 is 0 Å². The monoisotopic (exact) mass is 348 g/mol. The number of hydrogen-bond donors (Lipinski definition) is 1. The number of fused-ring (bicyclic) bond motifs is 1. The number of amides is 1. The molecule has 0 aliphatic rings. The van der Waals surface area contributed by atoms with Crippen LogP contribution in [0.15, 0.2) is 54.9 Å². The molecule has 134 valence electrons. The highest BCUT2D eigenvalue weighted by molar-refractivity contribution is 6.07. The van der Waals surface area contributed by atoms with E-state index in [1.54, 1.807) is 12.4 Å². The maximum absolute atomic E-state index is 12.7. The molecule has 5 heteroatoms. The largest absolute Gasteiger partial charge is 0.371 e. The minimum absolute atomic E-state index is 0.224. The van der Waals surface area contributed by atoms with Gasteiger partial charge in [-0.2, -0.15) is 0 Å².